The number of aromatic hydroxyl groups is 3. The second kappa shape index (κ2) is 13.9. The van der Waals surface area contributed by atoms with Crippen LogP contribution in [0.3, 0.4) is 0 Å². The molecule has 3 aromatic carbocycles. The molecule has 3 aromatic rings. The molecule has 6 N–H and O–H groups in total. The average molecular weight is 572 g/mol. The van der Waals surface area contributed by atoms with Crippen molar-refractivity contribution in [1.82, 2.24) is 0 Å². The van der Waals surface area contributed by atoms with E-state index in [1.807, 2.05) is 0 Å². The zero-order valence-electron chi connectivity index (χ0n) is 15.7. The van der Waals surface area contributed by atoms with Gasteiger partial charge in [0.05, 0.1) is 0 Å². The maximum Gasteiger partial charge on any atom is 0.339 e. The molecule has 0 saturated heterocycles. The molecule has 10 heteroatoms. The molecule has 0 amide bonds. The first-order valence-corrected chi connectivity index (χ1v) is 8.19. The van der Waals surface area contributed by atoms with Crippen LogP contribution in [0.25, 0.3) is 0 Å². The van der Waals surface area contributed by atoms with Crippen LogP contribution in [0.4, 0.5) is 0 Å². The maximum absolute atomic E-state index is 10.3. The topological polar surface area (TPSA) is 173 Å². The van der Waals surface area contributed by atoms with Crippen LogP contribution in [0.1, 0.15) is 31.1 Å². The van der Waals surface area contributed by atoms with Crippen LogP contribution in [0.5, 0.6) is 17.2 Å². The van der Waals surface area contributed by atoms with Gasteiger partial charge in [-0.25, -0.2) is 14.4 Å². The Bertz CT molecular complexity index is 903. The molecule has 0 spiro atoms. The zero-order valence-corrected chi connectivity index (χ0v) is 18.0. The van der Waals surface area contributed by atoms with Gasteiger partial charge in [-0.3, -0.25) is 0 Å². The Balaban J connectivity index is 0.000000429. The fraction of sp³-hybridized carbons (Fsp3) is 0. The van der Waals surface area contributed by atoms with Crippen LogP contribution in [0.2, 0.25) is 0 Å². The summed E-state index contributed by atoms with van der Waals surface area (Å²) in [6, 6.07) is 17.4. The fourth-order valence-corrected chi connectivity index (χ4v) is 1.96. The van der Waals surface area contributed by atoms with Gasteiger partial charge in [0, 0.05) is 39.9 Å². The Morgan fingerprint density at radius 3 is 0.774 bits per heavy atom. The predicted molar refractivity (Wildman–Crippen MR) is 105 cm³/mol. The van der Waals surface area contributed by atoms with Gasteiger partial charge in [0.25, 0.3) is 0 Å². The molecule has 0 aromatic heterocycles. The van der Waals surface area contributed by atoms with Crippen LogP contribution < -0.4 is 0 Å². The number of hydrogen-bond acceptors (Lipinski definition) is 6. The molecule has 3 rings (SSSR count). The molecule has 31 heavy (non-hydrogen) atoms. The van der Waals surface area contributed by atoms with Gasteiger partial charge < -0.3 is 30.6 Å². The van der Waals surface area contributed by atoms with Gasteiger partial charge in [-0.05, 0) is 36.4 Å². The van der Waals surface area contributed by atoms with E-state index in [2.05, 4.69) is 0 Å². The number of benzene rings is 3. The van der Waals surface area contributed by atoms with E-state index in [1.165, 1.54) is 36.4 Å². The third-order valence-corrected chi connectivity index (χ3v) is 3.40. The van der Waals surface area contributed by atoms with Crippen molar-refractivity contribution in [3.63, 3.8) is 0 Å². The molecule has 0 aliphatic heterocycles. The molecule has 0 atom stereocenters. The van der Waals surface area contributed by atoms with E-state index in [0.717, 1.165) is 0 Å². The van der Waals surface area contributed by atoms with Crippen LogP contribution in [-0.2, 0) is 0 Å². The summed E-state index contributed by atoms with van der Waals surface area (Å²) in [5.41, 5.74) is -0.201. The number of aromatic carboxylic acids is 3. The maximum atomic E-state index is 10.3. The van der Waals surface area contributed by atoms with Gasteiger partial charge in [0.2, 0.25) is 0 Å². The van der Waals surface area contributed by atoms with E-state index in [-0.39, 0.29) is 73.9 Å². The molecule has 0 saturated carbocycles. The summed E-state index contributed by atoms with van der Waals surface area (Å²) < 4.78 is 0. The Kier molecular flexibility index (Phi) is 12.5. The van der Waals surface area contributed by atoms with Crippen LogP contribution in [0, 0.1) is 39.9 Å². The monoisotopic (exact) mass is 572 g/mol. The van der Waals surface area contributed by atoms with Crippen LogP contribution in [-0.4, -0.2) is 48.5 Å². The van der Waals surface area contributed by atoms with E-state index in [0.29, 0.717) is 0 Å². The van der Waals surface area contributed by atoms with Crippen molar-refractivity contribution in [1.29, 1.82) is 0 Å². The fourth-order valence-electron chi connectivity index (χ4n) is 1.96. The summed E-state index contributed by atoms with van der Waals surface area (Å²) in [5.74, 6) is -3.94. The summed E-state index contributed by atoms with van der Waals surface area (Å²) in [7, 11) is 0. The van der Waals surface area contributed by atoms with Gasteiger partial charge in [-0.1, -0.05) is 36.4 Å². The van der Waals surface area contributed by atoms with E-state index in [4.69, 9.17) is 30.6 Å². The van der Waals surface area contributed by atoms with E-state index >= 15 is 0 Å². The minimum absolute atomic E-state index is 0. The van der Waals surface area contributed by atoms with Crippen molar-refractivity contribution in [3.05, 3.63) is 89.5 Å². The Morgan fingerprint density at radius 2 is 0.645 bits per heavy atom. The number of carboxylic acids is 3. The SMILES string of the molecule is O=C(O)c1ccccc1O.O=C(O)c1ccccc1O.O=C(O)c1ccccc1O.[Gd]. The number of para-hydroxylation sites is 3. The van der Waals surface area contributed by atoms with Crippen molar-refractivity contribution in [2.24, 2.45) is 0 Å². The average Bonchev–Trinajstić information content (AvgIpc) is 2.69. The quantitative estimate of drug-likeness (QED) is 0.276. The summed E-state index contributed by atoms with van der Waals surface area (Å²) in [6.07, 6.45) is 0. The van der Waals surface area contributed by atoms with Crippen LogP contribution >= 0.6 is 0 Å². The van der Waals surface area contributed by atoms with Crippen molar-refractivity contribution in [2.75, 3.05) is 0 Å². The smallest absolute Gasteiger partial charge is 0.339 e. The molecule has 164 valence electrons. The predicted octanol–water partition coefficient (Wildman–Crippen LogP) is 3.27. The number of phenols is 3. The van der Waals surface area contributed by atoms with Gasteiger partial charge in [-0.15, -0.1) is 0 Å². The normalized spacial score (nSPS) is 8.90. The molecule has 0 unspecified atom stereocenters. The molecule has 0 aliphatic rings. The summed E-state index contributed by atoms with van der Waals surface area (Å²) in [4.78, 5) is 30.8. The number of carboxylic acid groups (broad SMARTS) is 3. The molecule has 0 radical (unpaired) electrons. The third-order valence-electron chi connectivity index (χ3n) is 3.40. The Labute approximate surface area is 208 Å². The Morgan fingerprint density at radius 1 is 0.452 bits per heavy atom. The number of hydrogen-bond donors (Lipinski definition) is 6. The molecule has 0 aliphatic carbocycles. The number of rotatable bonds is 3. The van der Waals surface area contributed by atoms with Crippen LogP contribution in [0.15, 0.2) is 72.8 Å². The first kappa shape index (κ1) is 27.8. The largest absolute Gasteiger partial charge is 0.507 e. The summed E-state index contributed by atoms with van der Waals surface area (Å²) >= 11 is 0. The van der Waals surface area contributed by atoms with Crippen molar-refractivity contribution in [2.45, 2.75) is 0 Å². The second-order valence-electron chi connectivity index (χ2n) is 5.47. The van der Waals surface area contributed by atoms with E-state index in [1.54, 1.807) is 36.4 Å². The Hall–Kier alpha value is -3.21. The third kappa shape index (κ3) is 9.43. The van der Waals surface area contributed by atoms with Gasteiger partial charge >= 0.3 is 17.9 Å². The summed E-state index contributed by atoms with van der Waals surface area (Å²) in [6.45, 7) is 0. The molecule has 0 heterocycles. The molecular formula is C21H18GdO9. The van der Waals surface area contributed by atoms with E-state index in [9.17, 15) is 14.4 Å². The van der Waals surface area contributed by atoms with Crippen molar-refractivity contribution >= 4 is 17.9 Å². The van der Waals surface area contributed by atoms with E-state index < -0.39 is 17.9 Å². The zero-order chi connectivity index (χ0) is 22.7. The molecule has 0 bridgehead atoms. The minimum Gasteiger partial charge on any atom is -0.507 e. The molecule has 9 nitrogen and oxygen atoms in total. The molecular weight excluding hydrogens is 553 g/mol. The van der Waals surface area contributed by atoms with Gasteiger partial charge in [0.1, 0.15) is 33.9 Å². The van der Waals surface area contributed by atoms with Crippen molar-refractivity contribution in [3.8, 4) is 17.2 Å². The standard InChI is InChI=1S/3C7H6O3.Gd/c3*8-6-4-2-1-3-5(6)7(9)10;/h3*1-4,8H,(H,9,10);. The molecule has 0 fully saturated rings. The second-order valence-corrected chi connectivity index (χ2v) is 5.47. The van der Waals surface area contributed by atoms with Gasteiger partial charge in [-0.2, -0.15) is 0 Å². The minimum atomic E-state index is -1.11. The van der Waals surface area contributed by atoms with Gasteiger partial charge in [0.15, 0.2) is 0 Å². The number of carbonyl (C=O) groups is 3. The summed E-state index contributed by atoms with van der Waals surface area (Å²) in [5, 5.41) is 51.9. The van der Waals surface area contributed by atoms with Crippen molar-refractivity contribution < 1.29 is 85.0 Å². The first-order chi connectivity index (χ1) is 14.1. The first-order valence-electron chi connectivity index (χ1n) is 8.19.